The third-order valence-electron chi connectivity index (χ3n) is 4.20. The molecule has 0 radical (unpaired) electrons. The van der Waals surface area contributed by atoms with Crippen LogP contribution in [-0.4, -0.2) is 31.5 Å². The number of nitrogen functional groups attached to an aromatic ring is 1. The summed E-state index contributed by atoms with van der Waals surface area (Å²) in [7, 11) is 3.74. The van der Waals surface area contributed by atoms with Gasteiger partial charge < -0.3 is 16.0 Å². The molecule has 132 valence electrons. The zero-order valence-corrected chi connectivity index (χ0v) is 15.3. The third kappa shape index (κ3) is 4.59. The zero-order valence-electron chi connectivity index (χ0n) is 15.3. The average molecular weight is 338 g/mol. The molecule has 0 atom stereocenters. The van der Waals surface area contributed by atoms with Crippen molar-refractivity contribution in [3.8, 4) is 0 Å². The number of carbonyl (C=O) groups is 1. The van der Waals surface area contributed by atoms with E-state index in [2.05, 4.69) is 35.4 Å². The highest BCUT2D eigenvalue weighted by Crippen LogP contribution is 2.20. The summed E-state index contributed by atoms with van der Waals surface area (Å²) >= 11 is 0. The highest BCUT2D eigenvalue weighted by molar-refractivity contribution is 5.95. The molecule has 3 N–H and O–H groups in total. The summed E-state index contributed by atoms with van der Waals surface area (Å²) < 4.78 is 0. The van der Waals surface area contributed by atoms with Crippen LogP contribution in [0.15, 0.2) is 42.6 Å². The number of nitrogens with one attached hydrogen (secondary N) is 1. The number of rotatable bonds is 6. The minimum Gasteiger partial charge on any atom is -0.382 e. The molecule has 2 aromatic rings. The topological polar surface area (TPSA) is 71.2 Å². The van der Waals surface area contributed by atoms with Crippen LogP contribution in [0, 0.1) is 0 Å². The van der Waals surface area contributed by atoms with E-state index < -0.39 is 0 Å². The predicted octanol–water partition coefficient (Wildman–Crippen LogP) is 3.13. The van der Waals surface area contributed by atoms with Gasteiger partial charge >= 0.3 is 0 Å². The SMILES string of the molecule is C/C=C(/C)c1ccccc1CCNC(=O)c1cnc(N)c(N(C)C)c1. The Balaban J connectivity index is 2.04. The number of hydrogen-bond donors (Lipinski definition) is 2. The molecule has 0 fully saturated rings. The van der Waals surface area contributed by atoms with Gasteiger partial charge in [-0.3, -0.25) is 4.79 Å². The van der Waals surface area contributed by atoms with Gasteiger partial charge in [0.1, 0.15) is 5.82 Å². The molecule has 0 aliphatic carbocycles. The molecule has 1 heterocycles. The van der Waals surface area contributed by atoms with Crippen LogP contribution in [0.4, 0.5) is 11.5 Å². The number of amides is 1. The fourth-order valence-corrected chi connectivity index (χ4v) is 2.64. The lowest BCUT2D eigenvalue weighted by atomic mass is 9.98. The van der Waals surface area contributed by atoms with E-state index in [0.717, 1.165) is 12.1 Å². The lowest BCUT2D eigenvalue weighted by molar-refractivity contribution is 0.0954. The Bertz CT molecular complexity index is 781. The van der Waals surface area contributed by atoms with Crippen molar-refractivity contribution in [2.24, 2.45) is 0 Å². The van der Waals surface area contributed by atoms with Gasteiger partial charge in [0, 0.05) is 26.8 Å². The van der Waals surface area contributed by atoms with E-state index in [1.54, 1.807) is 6.07 Å². The van der Waals surface area contributed by atoms with E-state index >= 15 is 0 Å². The van der Waals surface area contributed by atoms with Crippen molar-refractivity contribution in [1.82, 2.24) is 10.3 Å². The minimum absolute atomic E-state index is 0.143. The van der Waals surface area contributed by atoms with Gasteiger partial charge in [-0.25, -0.2) is 4.98 Å². The van der Waals surface area contributed by atoms with Crippen LogP contribution in [0.5, 0.6) is 0 Å². The number of aromatic nitrogens is 1. The van der Waals surface area contributed by atoms with Crippen LogP contribution in [0.2, 0.25) is 0 Å². The molecule has 5 nitrogen and oxygen atoms in total. The third-order valence-corrected chi connectivity index (χ3v) is 4.20. The Morgan fingerprint density at radius 1 is 1.32 bits per heavy atom. The molecule has 1 aromatic heterocycles. The van der Waals surface area contributed by atoms with Crippen molar-refractivity contribution < 1.29 is 4.79 Å². The van der Waals surface area contributed by atoms with Gasteiger partial charge in [0.15, 0.2) is 0 Å². The van der Waals surface area contributed by atoms with E-state index in [9.17, 15) is 4.79 Å². The van der Waals surface area contributed by atoms with Gasteiger partial charge in [0.05, 0.1) is 11.3 Å². The Morgan fingerprint density at radius 2 is 2.04 bits per heavy atom. The highest BCUT2D eigenvalue weighted by Gasteiger charge is 2.11. The minimum atomic E-state index is -0.143. The number of benzene rings is 1. The number of allylic oxidation sites excluding steroid dienone is 2. The lowest BCUT2D eigenvalue weighted by Crippen LogP contribution is -2.26. The number of pyridine rings is 1. The first-order valence-corrected chi connectivity index (χ1v) is 8.36. The summed E-state index contributed by atoms with van der Waals surface area (Å²) in [6.45, 7) is 4.69. The van der Waals surface area contributed by atoms with Gasteiger partial charge in [0.25, 0.3) is 5.91 Å². The number of nitrogens with zero attached hydrogens (tertiary/aromatic N) is 2. The van der Waals surface area contributed by atoms with Gasteiger partial charge in [-0.2, -0.15) is 0 Å². The van der Waals surface area contributed by atoms with Gasteiger partial charge in [0.2, 0.25) is 0 Å². The maximum absolute atomic E-state index is 12.4. The second-order valence-corrected chi connectivity index (χ2v) is 6.16. The molecular weight excluding hydrogens is 312 g/mol. The van der Waals surface area contributed by atoms with Crippen LogP contribution in [0.1, 0.15) is 35.3 Å². The van der Waals surface area contributed by atoms with Gasteiger partial charge in [-0.05, 0) is 43.0 Å². The van der Waals surface area contributed by atoms with E-state index in [1.807, 2.05) is 38.1 Å². The molecule has 0 saturated carbocycles. The average Bonchev–Trinajstić information content (AvgIpc) is 2.61. The summed E-state index contributed by atoms with van der Waals surface area (Å²) in [4.78, 5) is 18.3. The number of hydrogen-bond acceptors (Lipinski definition) is 4. The molecule has 0 spiro atoms. The zero-order chi connectivity index (χ0) is 18.4. The van der Waals surface area contributed by atoms with Crippen LogP contribution < -0.4 is 16.0 Å². The second kappa shape index (κ2) is 8.33. The molecule has 0 unspecified atom stereocenters. The van der Waals surface area contributed by atoms with E-state index in [-0.39, 0.29) is 5.91 Å². The molecule has 1 aromatic carbocycles. The molecule has 0 aliphatic heterocycles. The summed E-state index contributed by atoms with van der Waals surface area (Å²) in [6, 6.07) is 10.0. The van der Waals surface area contributed by atoms with Crippen molar-refractivity contribution in [2.45, 2.75) is 20.3 Å². The number of carbonyl (C=O) groups excluding carboxylic acids is 1. The van der Waals surface area contributed by atoms with Crippen LogP contribution in [0.3, 0.4) is 0 Å². The van der Waals surface area contributed by atoms with Crippen molar-refractivity contribution in [3.05, 3.63) is 59.3 Å². The highest BCUT2D eigenvalue weighted by atomic mass is 16.1. The van der Waals surface area contributed by atoms with E-state index in [0.29, 0.717) is 17.9 Å². The molecule has 0 saturated heterocycles. The Kier molecular flexibility index (Phi) is 6.17. The molecule has 1 amide bonds. The van der Waals surface area contributed by atoms with Gasteiger partial charge in [-0.1, -0.05) is 30.3 Å². The molecule has 0 bridgehead atoms. The quantitative estimate of drug-likeness (QED) is 0.849. The van der Waals surface area contributed by atoms with Crippen molar-refractivity contribution in [2.75, 3.05) is 31.3 Å². The lowest BCUT2D eigenvalue weighted by Gasteiger charge is -2.15. The van der Waals surface area contributed by atoms with Gasteiger partial charge in [-0.15, -0.1) is 0 Å². The Morgan fingerprint density at radius 3 is 2.72 bits per heavy atom. The molecule has 25 heavy (non-hydrogen) atoms. The fourth-order valence-electron chi connectivity index (χ4n) is 2.64. The maximum Gasteiger partial charge on any atom is 0.252 e. The van der Waals surface area contributed by atoms with Crippen molar-refractivity contribution in [1.29, 1.82) is 0 Å². The second-order valence-electron chi connectivity index (χ2n) is 6.16. The standard InChI is InChI=1S/C20H26N4O/c1-5-14(2)17-9-7-6-8-15(17)10-11-22-20(25)16-12-18(24(3)4)19(21)23-13-16/h5-9,12-13H,10-11H2,1-4H3,(H2,21,23)(H,22,25)/b14-5-. The monoisotopic (exact) mass is 338 g/mol. The first-order valence-electron chi connectivity index (χ1n) is 8.36. The molecule has 5 heteroatoms. The first-order chi connectivity index (χ1) is 11.9. The Hall–Kier alpha value is -2.82. The van der Waals surface area contributed by atoms with E-state index in [1.165, 1.54) is 22.9 Å². The summed E-state index contributed by atoms with van der Waals surface area (Å²) in [6.07, 6.45) is 4.38. The number of anilines is 2. The fraction of sp³-hybridized carbons (Fsp3) is 0.300. The van der Waals surface area contributed by atoms with E-state index in [4.69, 9.17) is 5.73 Å². The predicted molar refractivity (Wildman–Crippen MR) is 105 cm³/mol. The van der Waals surface area contributed by atoms with Crippen LogP contribution >= 0.6 is 0 Å². The molecule has 2 rings (SSSR count). The summed E-state index contributed by atoms with van der Waals surface area (Å²) in [5, 5.41) is 2.96. The molecule has 0 aliphatic rings. The molecular formula is C20H26N4O. The summed E-state index contributed by atoms with van der Waals surface area (Å²) in [5.41, 5.74) is 10.8. The maximum atomic E-state index is 12.4. The first kappa shape index (κ1) is 18.5. The smallest absolute Gasteiger partial charge is 0.252 e. The van der Waals surface area contributed by atoms with Crippen molar-refractivity contribution >= 4 is 23.0 Å². The van der Waals surface area contributed by atoms with Crippen LogP contribution in [0.25, 0.3) is 5.57 Å². The van der Waals surface area contributed by atoms with Crippen LogP contribution in [-0.2, 0) is 6.42 Å². The largest absolute Gasteiger partial charge is 0.382 e. The Labute approximate surface area is 149 Å². The number of nitrogens with two attached hydrogens (primary N) is 1. The normalized spacial score (nSPS) is 11.3. The summed E-state index contributed by atoms with van der Waals surface area (Å²) in [5.74, 6) is 0.271. The van der Waals surface area contributed by atoms with Crippen molar-refractivity contribution in [3.63, 3.8) is 0 Å².